The standard InChI is InChI=1S/C26H29N2O4.BrH/c1-29-23-9-17-18-10-24(30-2)26(32-4)12-20(18)22-15-28(8-6-5-7-16(28)13-27)14-21(22)19(17)11-25(23)31-3;/h9-12,16H,5-8,14-15H2,1-4H3;1H/q+1;/p-1. The predicted octanol–water partition coefficient (Wildman–Crippen LogP) is 1.94. The molecule has 6 nitrogen and oxygen atoms in total. The molecule has 0 bridgehead atoms. The molecule has 0 radical (unpaired) electrons. The van der Waals surface area contributed by atoms with Crippen molar-refractivity contribution in [3.8, 4) is 29.1 Å². The number of ether oxygens (including phenoxy) is 4. The van der Waals surface area contributed by atoms with E-state index in [1.807, 2.05) is 0 Å². The normalized spacial score (nSPS) is 18.5. The van der Waals surface area contributed by atoms with Crippen molar-refractivity contribution < 1.29 is 40.4 Å². The number of hydrogen-bond donors (Lipinski definition) is 0. The first kappa shape index (κ1) is 23.5. The molecule has 1 unspecified atom stereocenters. The third-order valence-corrected chi connectivity index (χ3v) is 7.44. The van der Waals surface area contributed by atoms with E-state index in [0.717, 1.165) is 76.4 Å². The van der Waals surface area contributed by atoms with Crippen LogP contribution in [0, 0.1) is 11.3 Å². The van der Waals surface area contributed by atoms with Crippen LogP contribution in [0.5, 0.6) is 23.0 Å². The lowest BCUT2D eigenvalue weighted by Gasteiger charge is -2.41. The zero-order chi connectivity index (χ0) is 22.5. The van der Waals surface area contributed by atoms with Crippen LogP contribution >= 0.6 is 0 Å². The van der Waals surface area contributed by atoms with Gasteiger partial charge >= 0.3 is 0 Å². The fraction of sp³-hybridized carbons (Fsp3) is 0.423. The molecule has 5 rings (SSSR count). The van der Waals surface area contributed by atoms with E-state index in [1.54, 1.807) is 28.4 Å². The Morgan fingerprint density at radius 3 is 1.55 bits per heavy atom. The average Bonchev–Trinajstić information content (AvgIpc) is 3.22. The number of rotatable bonds is 4. The van der Waals surface area contributed by atoms with Gasteiger partial charge < -0.3 is 40.4 Å². The maximum absolute atomic E-state index is 9.98. The largest absolute Gasteiger partial charge is 1.00 e. The highest BCUT2D eigenvalue weighted by Gasteiger charge is 2.46. The summed E-state index contributed by atoms with van der Waals surface area (Å²) in [5, 5.41) is 14.5. The van der Waals surface area contributed by atoms with Crippen LogP contribution in [-0.4, -0.2) is 45.5 Å². The minimum atomic E-state index is 0. The highest BCUT2D eigenvalue weighted by Crippen LogP contribution is 2.48. The van der Waals surface area contributed by atoms with Crippen molar-refractivity contribution >= 4 is 21.5 Å². The smallest absolute Gasteiger partial charge is 0.177 e. The number of fused-ring (bicyclic) bond motifs is 6. The Morgan fingerprint density at radius 2 is 1.15 bits per heavy atom. The van der Waals surface area contributed by atoms with Gasteiger partial charge in [-0.3, -0.25) is 0 Å². The van der Waals surface area contributed by atoms with Crippen LogP contribution in [-0.2, 0) is 13.1 Å². The summed E-state index contributed by atoms with van der Waals surface area (Å²) < 4.78 is 23.4. The van der Waals surface area contributed by atoms with E-state index < -0.39 is 0 Å². The summed E-state index contributed by atoms with van der Waals surface area (Å²) in [5.41, 5.74) is 2.62. The van der Waals surface area contributed by atoms with E-state index in [0.29, 0.717) is 11.5 Å². The Hall–Kier alpha value is -2.69. The molecule has 174 valence electrons. The molecule has 0 N–H and O–H groups in total. The Bertz CT molecular complexity index is 1190. The molecule has 1 spiro atoms. The molecular formula is C26H29BrN2O4. The molecule has 2 heterocycles. The number of methoxy groups -OCH3 is 4. The number of benzene rings is 3. The van der Waals surface area contributed by atoms with Crippen molar-refractivity contribution in [3.05, 3.63) is 35.4 Å². The average molecular weight is 513 g/mol. The van der Waals surface area contributed by atoms with Crippen LogP contribution in [0.25, 0.3) is 21.5 Å². The van der Waals surface area contributed by atoms with E-state index in [1.165, 1.54) is 11.1 Å². The van der Waals surface area contributed by atoms with Crippen molar-refractivity contribution in [1.82, 2.24) is 0 Å². The van der Waals surface area contributed by atoms with E-state index in [9.17, 15) is 5.26 Å². The molecule has 0 aromatic heterocycles. The summed E-state index contributed by atoms with van der Waals surface area (Å²) in [6, 6.07) is 11.0. The monoisotopic (exact) mass is 512 g/mol. The molecule has 1 saturated heterocycles. The van der Waals surface area contributed by atoms with Crippen LogP contribution in [0.2, 0.25) is 0 Å². The fourth-order valence-corrected chi connectivity index (χ4v) is 5.83. The zero-order valence-electron chi connectivity index (χ0n) is 19.5. The lowest BCUT2D eigenvalue weighted by Crippen LogP contribution is -3.00. The van der Waals surface area contributed by atoms with Gasteiger partial charge in [0.05, 0.1) is 35.0 Å². The van der Waals surface area contributed by atoms with Crippen molar-refractivity contribution in [2.75, 3.05) is 35.0 Å². The van der Waals surface area contributed by atoms with Crippen molar-refractivity contribution in [3.63, 3.8) is 0 Å². The molecule has 0 aliphatic carbocycles. The van der Waals surface area contributed by atoms with Crippen LogP contribution in [0.1, 0.15) is 30.4 Å². The second-order valence-electron chi connectivity index (χ2n) is 8.86. The first-order chi connectivity index (χ1) is 15.6. The molecule has 0 saturated carbocycles. The molecule has 33 heavy (non-hydrogen) atoms. The topological polar surface area (TPSA) is 60.7 Å². The SMILES string of the molecule is COc1cc2c3c(c4cc(OC)c(OC)cc4c2cc1OC)C[N+]1(CCCCC1C#N)C3.[Br-]. The molecule has 1 fully saturated rings. The summed E-state index contributed by atoms with van der Waals surface area (Å²) in [6.07, 6.45) is 3.26. The van der Waals surface area contributed by atoms with E-state index >= 15 is 0 Å². The van der Waals surface area contributed by atoms with E-state index in [2.05, 4.69) is 30.3 Å². The lowest BCUT2D eigenvalue weighted by molar-refractivity contribution is -0.966. The van der Waals surface area contributed by atoms with Gasteiger partial charge in [-0.05, 0) is 58.7 Å². The quantitative estimate of drug-likeness (QED) is 0.395. The predicted molar refractivity (Wildman–Crippen MR) is 123 cm³/mol. The maximum Gasteiger partial charge on any atom is 0.177 e. The van der Waals surface area contributed by atoms with Gasteiger partial charge in [0.1, 0.15) is 19.2 Å². The van der Waals surface area contributed by atoms with Crippen LogP contribution in [0.3, 0.4) is 0 Å². The van der Waals surface area contributed by atoms with Gasteiger partial charge in [0.2, 0.25) is 0 Å². The molecule has 3 aromatic rings. The Balaban J connectivity index is 0.00000259. The third kappa shape index (κ3) is 3.48. The highest BCUT2D eigenvalue weighted by molar-refractivity contribution is 6.12. The Morgan fingerprint density at radius 1 is 0.727 bits per heavy atom. The van der Waals surface area contributed by atoms with Gasteiger partial charge in [-0.1, -0.05) is 0 Å². The number of quaternary nitrogens is 1. The number of nitriles is 1. The second-order valence-corrected chi connectivity index (χ2v) is 8.86. The summed E-state index contributed by atoms with van der Waals surface area (Å²) in [7, 11) is 6.66. The Labute approximate surface area is 204 Å². The number of halogens is 1. The third-order valence-electron chi connectivity index (χ3n) is 7.44. The van der Waals surface area contributed by atoms with Crippen molar-refractivity contribution in [2.45, 2.75) is 38.4 Å². The van der Waals surface area contributed by atoms with Gasteiger partial charge in [-0.2, -0.15) is 5.26 Å². The molecule has 3 aromatic carbocycles. The van der Waals surface area contributed by atoms with Crippen LogP contribution in [0.4, 0.5) is 0 Å². The minimum absolute atomic E-state index is 0. The lowest BCUT2D eigenvalue weighted by atomic mass is 9.92. The molecule has 7 heteroatoms. The second kappa shape index (κ2) is 8.92. The summed E-state index contributed by atoms with van der Waals surface area (Å²) in [4.78, 5) is 0. The minimum Gasteiger partial charge on any atom is -1.00 e. The van der Waals surface area contributed by atoms with Gasteiger partial charge in [-0.15, -0.1) is 0 Å². The number of piperidine rings is 1. The number of hydrogen-bond acceptors (Lipinski definition) is 5. The van der Waals surface area contributed by atoms with Crippen LogP contribution < -0.4 is 35.9 Å². The molecule has 0 amide bonds. The Kier molecular flexibility index (Phi) is 6.35. The van der Waals surface area contributed by atoms with E-state index in [-0.39, 0.29) is 23.0 Å². The van der Waals surface area contributed by atoms with Gasteiger partial charge in [-0.25, -0.2) is 0 Å². The zero-order valence-corrected chi connectivity index (χ0v) is 21.1. The number of nitrogens with zero attached hydrogens (tertiary/aromatic N) is 2. The van der Waals surface area contributed by atoms with Gasteiger partial charge in [0.25, 0.3) is 0 Å². The van der Waals surface area contributed by atoms with E-state index in [4.69, 9.17) is 18.9 Å². The molecule has 2 aliphatic heterocycles. The van der Waals surface area contributed by atoms with Gasteiger partial charge in [0, 0.05) is 17.5 Å². The fourth-order valence-electron chi connectivity index (χ4n) is 5.83. The van der Waals surface area contributed by atoms with Crippen LogP contribution in [0.15, 0.2) is 24.3 Å². The molecular weight excluding hydrogens is 484 g/mol. The summed E-state index contributed by atoms with van der Waals surface area (Å²) in [6.45, 7) is 2.77. The summed E-state index contributed by atoms with van der Waals surface area (Å²) >= 11 is 0. The first-order valence-electron chi connectivity index (χ1n) is 11.1. The van der Waals surface area contributed by atoms with Gasteiger partial charge in [0.15, 0.2) is 29.0 Å². The highest BCUT2D eigenvalue weighted by atomic mass is 79.9. The van der Waals surface area contributed by atoms with Crippen molar-refractivity contribution in [1.29, 1.82) is 5.26 Å². The van der Waals surface area contributed by atoms with Crippen molar-refractivity contribution in [2.24, 2.45) is 0 Å². The summed E-state index contributed by atoms with van der Waals surface area (Å²) in [5.74, 6) is 2.84. The maximum atomic E-state index is 9.98. The molecule has 2 aliphatic rings. The molecule has 1 atom stereocenters. The first-order valence-corrected chi connectivity index (χ1v) is 11.1.